The average molecular weight is 345 g/mol. The Bertz CT molecular complexity index is 486. The maximum absolute atomic E-state index is 4.31. The van der Waals surface area contributed by atoms with Gasteiger partial charge in [0.05, 0.1) is 10.8 Å². The molecule has 0 saturated heterocycles. The largest absolute Gasteiger partial charge is 0.360 e. The first-order chi connectivity index (χ1) is 8.78. The summed E-state index contributed by atoms with van der Waals surface area (Å²) in [6.45, 7) is 3.07. The van der Waals surface area contributed by atoms with Crippen LogP contribution in [0.25, 0.3) is 0 Å². The van der Waals surface area contributed by atoms with Crippen LogP contribution in [-0.4, -0.2) is 21.7 Å². The average Bonchev–Trinajstić information content (AvgIpc) is 2.84. The van der Waals surface area contributed by atoms with E-state index in [-0.39, 0.29) is 0 Å². The zero-order valence-corrected chi connectivity index (χ0v) is 13.1. The number of rotatable bonds is 6. The minimum Gasteiger partial charge on any atom is -0.360 e. The van der Waals surface area contributed by atoms with E-state index < -0.39 is 0 Å². The van der Waals surface area contributed by atoms with Crippen molar-refractivity contribution in [3.8, 4) is 0 Å². The summed E-state index contributed by atoms with van der Waals surface area (Å²) in [6.07, 6.45) is 2.89. The number of anilines is 1. The van der Waals surface area contributed by atoms with Gasteiger partial charge >= 0.3 is 0 Å². The molecule has 0 aliphatic rings. The van der Waals surface area contributed by atoms with E-state index in [0.29, 0.717) is 0 Å². The SMILES string of the molecule is CCCNc1nnc(CSc2ccc(Br)cn2)s1. The summed E-state index contributed by atoms with van der Waals surface area (Å²) >= 11 is 6.64. The van der Waals surface area contributed by atoms with Gasteiger partial charge in [-0.3, -0.25) is 0 Å². The summed E-state index contributed by atoms with van der Waals surface area (Å²) < 4.78 is 0.994. The molecular formula is C11H13BrN4S2. The second-order valence-electron chi connectivity index (χ2n) is 3.53. The van der Waals surface area contributed by atoms with E-state index in [1.807, 2.05) is 12.1 Å². The summed E-state index contributed by atoms with van der Waals surface area (Å²) in [5.41, 5.74) is 0. The van der Waals surface area contributed by atoms with Crippen molar-refractivity contribution < 1.29 is 0 Å². The molecule has 2 aromatic heterocycles. The van der Waals surface area contributed by atoms with E-state index in [4.69, 9.17) is 0 Å². The van der Waals surface area contributed by atoms with Crippen molar-refractivity contribution in [2.24, 2.45) is 0 Å². The van der Waals surface area contributed by atoms with Crippen molar-refractivity contribution in [1.82, 2.24) is 15.2 Å². The maximum atomic E-state index is 4.31. The lowest BCUT2D eigenvalue weighted by molar-refractivity contribution is 0.958. The fraction of sp³-hybridized carbons (Fsp3) is 0.364. The molecule has 0 amide bonds. The summed E-state index contributed by atoms with van der Waals surface area (Å²) in [4.78, 5) is 4.31. The Labute approximate surface area is 123 Å². The smallest absolute Gasteiger partial charge is 0.205 e. The molecule has 0 saturated carbocycles. The summed E-state index contributed by atoms with van der Waals surface area (Å²) in [7, 11) is 0. The minimum atomic E-state index is 0.806. The van der Waals surface area contributed by atoms with Crippen LogP contribution in [0.4, 0.5) is 5.13 Å². The third-order valence-corrected chi connectivity index (χ3v) is 4.52. The highest BCUT2D eigenvalue weighted by atomic mass is 79.9. The minimum absolute atomic E-state index is 0.806. The molecule has 4 nitrogen and oxygen atoms in total. The number of aromatic nitrogens is 3. The third kappa shape index (κ3) is 4.22. The van der Waals surface area contributed by atoms with E-state index in [9.17, 15) is 0 Å². The Morgan fingerprint density at radius 2 is 2.28 bits per heavy atom. The number of pyridine rings is 1. The molecule has 0 spiro atoms. The van der Waals surface area contributed by atoms with Gasteiger partial charge in [0.25, 0.3) is 0 Å². The molecule has 0 unspecified atom stereocenters. The van der Waals surface area contributed by atoms with Gasteiger partial charge in [-0.1, -0.05) is 30.0 Å². The zero-order chi connectivity index (χ0) is 12.8. The molecule has 0 atom stereocenters. The predicted molar refractivity (Wildman–Crippen MR) is 80.2 cm³/mol. The van der Waals surface area contributed by atoms with Gasteiger partial charge in [0.2, 0.25) is 5.13 Å². The second kappa shape index (κ2) is 7.06. The first-order valence-electron chi connectivity index (χ1n) is 5.58. The first-order valence-corrected chi connectivity index (χ1v) is 8.18. The number of hydrogen-bond acceptors (Lipinski definition) is 6. The summed E-state index contributed by atoms with van der Waals surface area (Å²) in [5, 5.41) is 14.4. The molecule has 96 valence electrons. The van der Waals surface area contributed by atoms with Crippen LogP contribution in [-0.2, 0) is 5.75 Å². The molecule has 0 bridgehead atoms. The van der Waals surface area contributed by atoms with Crippen LogP contribution in [0.1, 0.15) is 18.4 Å². The second-order valence-corrected chi connectivity index (χ2v) is 6.50. The number of nitrogens with one attached hydrogen (secondary N) is 1. The van der Waals surface area contributed by atoms with Gasteiger partial charge in [-0.25, -0.2) is 4.98 Å². The molecule has 0 radical (unpaired) electrons. The van der Waals surface area contributed by atoms with Crippen LogP contribution in [0.2, 0.25) is 0 Å². The van der Waals surface area contributed by atoms with E-state index in [1.54, 1.807) is 29.3 Å². The molecule has 2 rings (SSSR count). The molecule has 0 aliphatic carbocycles. The molecule has 0 aliphatic heterocycles. The Morgan fingerprint density at radius 3 is 3.00 bits per heavy atom. The van der Waals surface area contributed by atoms with Crippen LogP contribution in [0.3, 0.4) is 0 Å². The maximum Gasteiger partial charge on any atom is 0.205 e. The van der Waals surface area contributed by atoms with Gasteiger partial charge in [0.1, 0.15) is 5.01 Å². The molecule has 18 heavy (non-hydrogen) atoms. The zero-order valence-electron chi connectivity index (χ0n) is 9.89. The quantitative estimate of drug-likeness (QED) is 0.807. The summed E-state index contributed by atoms with van der Waals surface area (Å²) in [6, 6.07) is 3.98. The Balaban J connectivity index is 1.86. The molecular weight excluding hydrogens is 332 g/mol. The molecule has 0 aromatic carbocycles. The van der Waals surface area contributed by atoms with Gasteiger partial charge in [-0.05, 0) is 34.5 Å². The van der Waals surface area contributed by atoms with E-state index in [1.165, 1.54) is 0 Å². The lowest BCUT2D eigenvalue weighted by Gasteiger charge is -1.97. The van der Waals surface area contributed by atoms with Crippen LogP contribution < -0.4 is 5.32 Å². The van der Waals surface area contributed by atoms with Crippen molar-refractivity contribution in [2.45, 2.75) is 24.1 Å². The van der Waals surface area contributed by atoms with Crippen molar-refractivity contribution in [3.63, 3.8) is 0 Å². The Hall–Kier alpha value is -0.660. The monoisotopic (exact) mass is 344 g/mol. The van der Waals surface area contributed by atoms with E-state index >= 15 is 0 Å². The van der Waals surface area contributed by atoms with Crippen LogP contribution >= 0.6 is 39.0 Å². The highest BCUT2D eigenvalue weighted by Crippen LogP contribution is 2.25. The molecule has 0 fully saturated rings. The van der Waals surface area contributed by atoms with Crippen LogP contribution in [0.5, 0.6) is 0 Å². The van der Waals surface area contributed by atoms with Gasteiger partial charge in [-0.15, -0.1) is 10.2 Å². The highest BCUT2D eigenvalue weighted by Gasteiger charge is 2.04. The van der Waals surface area contributed by atoms with Gasteiger partial charge in [0.15, 0.2) is 0 Å². The van der Waals surface area contributed by atoms with Crippen LogP contribution in [0, 0.1) is 0 Å². The number of hydrogen-bond donors (Lipinski definition) is 1. The van der Waals surface area contributed by atoms with E-state index in [2.05, 4.69) is 43.4 Å². The van der Waals surface area contributed by atoms with E-state index in [0.717, 1.165) is 38.4 Å². The number of thioether (sulfide) groups is 1. The first kappa shape index (κ1) is 13.8. The Morgan fingerprint density at radius 1 is 1.39 bits per heavy atom. The van der Waals surface area contributed by atoms with Crippen molar-refractivity contribution in [1.29, 1.82) is 0 Å². The van der Waals surface area contributed by atoms with Crippen molar-refractivity contribution in [2.75, 3.05) is 11.9 Å². The lowest BCUT2D eigenvalue weighted by Crippen LogP contribution is -1.98. The number of halogens is 1. The highest BCUT2D eigenvalue weighted by molar-refractivity contribution is 9.10. The predicted octanol–water partition coefficient (Wildman–Crippen LogP) is 3.81. The lowest BCUT2D eigenvalue weighted by atomic mass is 10.5. The Kier molecular flexibility index (Phi) is 5.40. The van der Waals surface area contributed by atoms with Gasteiger partial charge in [-0.2, -0.15) is 0 Å². The molecule has 7 heteroatoms. The summed E-state index contributed by atoms with van der Waals surface area (Å²) in [5.74, 6) is 0.806. The molecule has 2 aromatic rings. The molecule has 1 N–H and O–H groups in total. The van der Waals surface area contributed by atoms with Crippen molar-refractivity contribution in [3.05, 3.63) is 27.8 Å². The van der Waals surface area contributed by atoms with Gasteiger partial charge < -0.3 is 5.32 Å². The topological polar surface area (TPSA) is 50.7 Å². The third-order valence-electron chi connectivity index (χ3n) is 2.04. The number of nitrogens with zero attached hydrogens (tertiary/aromatic N) is 3. The van der Waals surface area contributed by atoms with Gasteiger partial charge in [0, 0.05) is 17.2 Å². The fourth-order valence-corrected chi connectivity index (χ4v) is 3.03. The fourth-order valence-electron chi connectivity index (χ4n) is 1.20. The molecule has 2 heterocycles. The standard InChI is InChI=1S/C11H13BrN4S2/c1-2-5-13-11-16-15-10(18-11)7-17-9-4-3-8(12)6-14-9/h3-4,6H,2,5,7H2,1H3,(H,13,16). The normalized spacial score (nSPS) is 10.6. The van der Waals surface area contributed by atoms with Crippen LogP contribution in [0.15, 0.2) is 27.8 Å². The van der Waals surface area contributed by atoms with Crippen molar-refractivity contribution >= 4 is 44.2 Å².